The molecule has 0 radical (unpaired) electrons. The van der Waals surface area contributed by atoms with Gasteiger partial charge in [-0.3, -0.25) is 0 Å². The van der Waals surface area contributed by atoms with Crippen LogP contribution in [0.3, 0.4) is 0 Å². The maximum atomic E-state index is 6.04. The minimum Gasteiger partial charge on any atom is -0.379 e. The van der Waals surface area contributed by atoms with E-state index in [2.05, 4.69) is 30.4 Å². The lowest BCUT2D eigenvalue weighted by Crippen LogP contribution is -2.25. The molecule has 0 amide bonds. The number of likely N-dealkylation sites (N-methyl/N-ethyl adjacent to an activating group) is 1. The fourth-order valence-electron chi connectivity index (χ4n) is 2.20. The van der Waals surface area contributed by atoms with Crippen molar-refractivity contribution >= 4 is 22.9 Å². The summed E-state index contributed by atoms with van der Waals surface area (Å²) in [7, 11) is 4.12. The largest absolute Gasteiger partial charge is 0.379 e. The van der Waals surface area contributed by atoms with Gasteiger partial charge in [0.25, 0.3) is 0 Å². The van der Waals surface area contributed by atoms with Gasteiger partial charge in [-0.15, -0.1) is 11.3 Å². The molecule has 1 aliphatic rings. The second-order valence-electron chi connectivity index (χ2n) is 4.89. The van der Waals surface area contributed by atoms with E-state index in [0.29, 0.717) is 6.04 Å². The van der Waals surface area contributed by atoms with Crippen molar-refractivity contribution in [2.24, 2.45) is 0 Å². The summed E-state index contributed by atoms with van der Waals surface area (Å²) in [4.78, 5) is 3.58. The molecule has 1 unspecified atom stereocenters. The number of hydrogen-bond donors (Lipinski definition) is 1. The van der Waals surface area contributed by atoms with Gasteiger partial charge in [0.2, 0.25) is 0 Å². The highest BCUT2D eigenvalue weighted by atomic mass is 35.5. The maximum Gasteiger partial charge on any atom is 0.0934 e. The Hall–Kier alpha value is -0.130. The standard InChI is InChI=1S/C13H21ClN2OS/c1-16(2)6-8-17-7-5-15-11-3-4-12-10(11)9-13(14)18-12/h9,11,15H,3-8H2,1-2H3. The summed E-state index contributed by atoms with van der Waals surface area (Å²) < 4.78 is 6.48. The second kappa shape index (κ2) is 6.87. The van der Waals surface area contributed by atoms with E-state index in [9.17, 15) is 0 Å². The molecule has 0 fully saturated rings. The van der Waals surface area contributed by atoms with Crippen molar-refractivity contribution in [3.05, 3.63) is 20.8 Å². The molecule has 0 bridgehead atoms. The van der Waals surface area contributed by atoms with E-state index in [1.54, 1.807) is 11.3 Å². The van der Waals surface area contributed by atoms with Gasteiger partial charge in [0.15, 0.2) is 0 Å². The first kappa shape index (κ1) is 14.3. The van der Waals surface area contributed by atoms with Gasteiger partial charge in [0.1, 0.15) is 0 Å². The van der Waals surface area contributed by atoms with Crippen LogP contribution >= 0.6 is 22.9 Å². The summed E-state index contributed by atoms with van der Waals surface area (Å²) in [6, 6.07) is 2.58. The van der Waals surface area contributed by atoms with Crippen molar-refractivity contribution in [2.45, 2.75) is 18.9 Å². The summed E-state index contributed by atoms with van der Waals surface area (Å²) in [6.45, 7) is 3.46. The van der Waals surface area contributed by atoms with Crippen LogP contribution < -0.4 is 5.32 Å². The highest BCUT2D eigenvalue weighted by Crippen LogP contribution is 2.39. The minimum atomic E-state index is 0.473. The lowest BCUT2D eigenvalue weighted by molar-refractivity contribution is 0.117. The molecular formula is C13H21ClN2OS. The smallest absolute Gasteiger partial charge is 0.0934 e. The molecule has 1 N–H and O–H groups in total. The zero-order valence-electron chi connectivity index (χ0n) is 11.0. The quantitative estimate of drug-likeness (QED) is 0.781. The molecule has 0 saturated carbocycles. The van der Waals surface area contributed by atoms with Gasteiger partial charge in [-0.2, -0.15) is 0 Å². The molecule has 1 aliphatic carbocycles. The minimum absolute atomic E-state index is 0.473. The van der Waals surface area contributed by atoms with Crippen LogP contribution in [0, 0.1) is 0 Å². The molecule has 0 aromatic carbocycles. The third-order valence-corrected chi connectivity index (χ3v) is 4.51. The number of ether oxygens (including phenoxy) is 1. The molecule has 1 aromatic rings. The molecule has 3 nitrogen and oxygen atoms in total. The van der Waals surface area contributed by atoms with Crippen molar-refractivity contribution in [3.8, 4) is 0 Å². The molecule has 0 spiro atoms. The van der Waals surface area contributed by atoms with E-state index in [1.165, 1.54) is 16.9 Å². The predicted octanol–water partition coefficient (Wildman–Crippen LogP) is 2.56. The van der Waals surface area contributed by atoms with E-state index < -0.39 is 0 Å². The number of nitrogens with zero attached hydrogens (tertiary/aromatic N) is 1. The van der Waals surface area contributed by atoms with Crippen molar-refractivity contribution in [3.63, 3.8) is 0 Å². The zero-order valence-corrected chi connectivity index (χ0v) is 12.6. The van der Waals surface area contributed by atoms with E-state index in [1.807, 2.05) is 0 Å². The first-order chi connectivity index (χ1) is 8.66. The predicted molar refractivity (Wildman–Crippen MR) is 77.8 cm³/mol. The SMILES string of the molecule is CN(C)CCOCCNC1CCc2sc(Cl)cc21. The third kappa shape index (κ3) is 3.93. The van der Waals surface area contributed by atoms with Gasteiger partial charge in [-0.25, -0.2) is 0 Å². The van der Waals surface area contributed by atoms with Gasteiger partial charge in [0.05, 0.1) is 17.6 Å². The molecule has 1 atom stereocenters. The van der Waals surface area contributed by atoms with Crippen molar-refractivity contribution < 1.29 is 4.74 Å². The number of thiophene rings is 1. The zero-order chi connectivity index (χ0) is 13.0. The summed E-state index contributed by atoms with van der Waals surface area (Å²) >= 11 is 7.76. The molecule has 102 valence electrons. The Morgan fingerprint density at radius 3 is 3.11 bits per heavy atom. The van der Waals surface area contributed by atoms with Crippen molar-refractivity contribution in [1.82, 2.24) is 10.2 Å². The van der Waals surface area contributed by atoms with E-state index in [4.69, 9.17) is 16.3 Å². The van der Waals surface area contributed by atoms with Crippen LogP contribution in [0.4, 0.5) is 0 Å². The molecule has 1 heterocycles. The Morgan fingerprint density at radius 2 is 2.33 bits per heavy atom. The second-order valence-corrected chi connectivity index (χ2v) is 6.66. The third-order valence-electron chi connectivity index (χ3n) is 3.17. The highest BCUT2D eigenvalue weighted by Gasteiger charge is 2.24. The maximum absolute atomic E-state index is 6.04. The van der Waals surface area contributed by atoms with Crippen LogP contribution in [0.1, 0.15) is 22.9 Å². The van der Waals surface area contributed by atoms with Crippen LogP contribution in [-0.2, 0) is 11.2 Å². The van der Waals surface area contributed by atoms with Crippen LogP contribution in [0.25, 0.3) is 0 Å². The molecule has 2 rings (SSSR count). The Labute approximate surface area is 118 Å². The van der Waals surface area contributed by atoms with Gasteiger partial charge >= 0.3 is 0 Å². The Kier molecular flexibility index (Phi) is 5.45. The Morgan fingerprint density at radius 1 is 1.50 bits per heavy atom. The van der Waals surface area contributed by atoms with Gasteiger partial charge in [-0.05, 0) is 38.6 Å². The summed E-state index contributed by atoms with van der Waals surface area (Å²) in [5.41, 5.74) is 1.40. The van der Waals surface area contributed by atoms with E-state index in [0.717, 1.165) is 37.1 Å². The lowest BCUT2D eigenvalue weighted by atomic mass is 10.2. The monoisotopic (exact) mass is 288 g/mol. The van der Waals surface area contributed by atoms with Gasteiger partial charge in [-0.1, -0.05) is 11.6 Å². The number of halogens is 1. The van der Waals surface area contributed by atoms with Gasteiger partial charge < -0.3 is 15.0 Å². The molecule has 18 heavy (non-hydrogen) atoms. The molecule has 0 saturated heterocycles. The fourth-order valence-corrected chi connectivity index (χ4v) is 3.55. The summed E-state index contributed by atoms with van der Waals surface area (Å²) in [6.07, 6.45) is 2.35. The van der Waals surface area contributed by atoms with E-state index in [-0.39, 0.29) is 0 Å². The fraction of sp³-hybridized carbons (Fsp3) is 0.692. The topological polar surface area (TPSA) is 24.5 Å². The summed E-state index contributed by atoms with van der Waals surface area (Å²) in [5, 5.41) is 3.55. The Balaban J connectivity index is 1.63. The number of hydrogen-bond acceptors (Lipinski definition) is 4. The first-order valence-electron chi connectivity index (χ1n) is 6.41. The number of fused-ring (bicyclic) bond motifs is 1. The van der Waals surface area contributed by atoms with Crippen LogP contribution in [0.5, 0.6) is 0 Å². The number of nitrogens with one attached hydrogen (secondary N) is 1. The average Bonchev–Trinajstić information content (AvgIpc) is 2.83. The number of aryl methyl sites for hydroxylation is 1. The highest BCUT2D eigenvalue weighted by molar-refractivity contribution is 7.16. The Bertz CT molecular complexity index is 381. The lowest BCUT2D eigenvalue weighted by Gasteiger charge is -2.14. The molecule has 5 heteroatoms. The van der Waals surface area contributed by atoms with E-state index >= 15 is 0 Å². The normalized spacial score (nSPS) is 18.6. The first-order valence-corrected chi connectivity index (χ1v) is 7.60. The van der Waals surface area contributed by atoms with Gasteiger partial charge in [0, 0.05) is 24.0 Å². The average molecular weight is 289 g/mol. The van der Waals surface area contributed by atoms with Crippen LogP contribution in [0.15, 0.2) is 6.07 Å². The van der Waals surface area contributed by atoms with Crippen LogP contribution in [0.2, 0.25) is 4.34 Å². The molecule has 0 aliphatic heterocycles. The molecule has 1 aromatic heterocycles. The van der Waals surface area contributed by atoms with Crippen LogP contribution in [-0.4, -0.2) is 45.3 Å². The van der Waals surface area contributed by atoms with Crippen molar-refractivity contribution in [1.29, 1.82) is 0 Å². The summed E-state index contributed by atoms with van der Waals surface area (Å²) in [5.74, 6) is 0. The molecular weight excluding hydrogens is 268 g/mol. The number of rotatable bonds is 7. The van der Waals surface area contributed by atoms with Crippen molar-refractivity contribution in [2.75, 3.05) is 40.4 Å².